The van der Waals surface area contributed by atoms with Crippen molar-refractivity contribution in [1.82, 2.24) is 51.3 Å². The Labute approximate surface area is 482 Å². The van der Waals surface area contributed by atoms with Crippen molar-refractivity contribution >= 4 is 46.9 Å². The molecule has 444 valence electrons. The average molecular weight is 1130 g/mol. The summed E-state index contributed by atoms with van der Waals surface area (Å²) in [4.78, 5) is 91.6. The maximum atomic E-state index is 15.8. The molecule has 82 heavy (non-hydrogen) atoms. The maximum Gasteiger partial charge on any atom is 0.246 e. The Bertz CT molecular complexity index is 2800. The third kappa shape index (κ3) is 13.0. The van der Waals surface area contributed by atoms with Crippen LogP contribution in [0.25, 0.3) is 0 Å². The summed E-state index contributed by atoms with van der Waals surface area (Å²) in [5.74, 6) is 0.464. The molecule has 11 rings (SSSR count). The minimum atomic E-state index is -0.799. The molecular formula is C62H87F2N13O5. The van der Waals surface area contributed by atoms with Crippen LogP contribution < -0.4 is 41.3 Å². The quantitative estimate of drug-likeness (QED) is 0.128. The zero-order valence-electron chi connectivity index (χ0n) is 48.7. The van der Waals surface area contributed by atoms with Crippen LogP contribution in [0.4, 0.5) is 26.1 Å². The normalized spacial score (nSPS) is 26.5. The van der Waals surface area contributed by atoms with Gasteiger partial charge < -0.3 is 51.1 Å². The number of piperazine rings is 1. The molecule has 1 spiro atoms. The van der Waals surface area contributed by atoms with Crippen LogP contribution in [0, 0.1) is 34.8 Å². The molecule has 7 fully saturated rings. The Morgan fingerprint density at radius 1 is 0.793 bits per heavy atom. The highest BCUT2D eigenvalue weighted by Crippen LogP contribution is 2.38. The zero-order valence-corrected chi connectivity index (χ0v) is 48.7. The van der Waals surface area contributed by atoms with Gasteiger partial charge in [-0.3, -0.25) is 28.9 Å². The van der Waals surface area contributed by atoms with Gasteiger partial charge in [0, 0.05) is 95.6 Å². The fourth-order valence-corrected chi connectivity index (χ4v) is 14.8. The Balaban J connectivity index is 0.667. The second-order valence-electron chi connectivity index (χ2n) is 26.2. The van der Waals surface area contributed by atoms with Crippen molar-refractivity contribution in [2.45, 2.75) is 153 Å². The molecule has 2 aliphatic carbocycles. The van der Waals surface area contributed by atoms with Crippen molar-refractivity contribution in [3.63, 3.8) is 0 Å². The highest BCUT2D eigenvalue weighted by Gasteiger charge is 2.47. The minimum absolute atomic E-state index is 0.0331. The molecule has 1 saturated carbocycles. The van der Waals surface area contributed by atoms with E-state index in [2.05, 4.69) is 83.2 Å². The third-order valence-corrected chi connectivity index (χ3v) is 20.0. The van der Waals surface area contributed by atoms with E-state index in [9.17, 15) is 24.0 Å². The number of likely N-dealkylation sites (tertiary alicyclic amines) is 3. The number of benzene rings is 2. The number of carbonyl (C=O) groups excluding carboxylic acids is 5. The SMILES string of the molecule is CN[C@@H](C)C(=O)N[C@H](C(=O)N1CC(NC(=O)CCN2C[C@@H]3CN(c4cc(N5CCC6(CC5)CN(c5cc(F)c(CN7CCC(C)(C)CC7)cc5F)CC(=O)N6)ncn4)C[C@@H]3C2)C[C@H]1C(=O)N[C@H]1CCCc2ccccc21)C1CCCCC1. The van der Waals surface area contributed by atoms with E-state index in [0.29, 0.717) is 75.8 Å². The second kappa shape index (κ2) is 24.7. The van der Waals surface area contributed by atoms with Crippen molar-refractivity contribution in [3.8, 4) is 0 Å². The summed E-state index contributed by atoms with van der Waals surface area (Å²) in [5.41, 5.74) is 2.48. The third-order valence-electron chi connectivity index (χ3n) is 20.0. The van der Waals surface area contributed by atoms with E-state index in [1.54, 1.807) is 30.1 Å². The molecule has 18 nitrogen and oxygen atoms in total. The van der Waals surface area contributed by atoms with Gasteiger partial charge in [0.25, 0.3) is 0 Å². The van der Waals surface area contributed by atoms with Crippen LogP contribution >= 0.6 is 0 Å². The fourth-order valence-electron chi connectivity index (χ4n) is 14.8. The van der Waals surface area contributed by atoms with Crippen LogP contribution in [-0.4, -0.2) is 169 Å². The largest absolute Gasteiger partial charge is 0.357 e. The van der Waals surface area contributed by atoms with Crippen molar-refractivity contribution in [2.75, 3.05) is 100 Å². The number of nitrogens with zero attached hydrogens (tertiary/aromatic N) is 8. The number of likely N-dealkylation sites (N-methyl/N-ethyl adjacent to an activating group) is 1. The first-order valence-corrected chi connectivity index (χ1v) is 30.8. The first-order valence-electron chi connectivity index (χ1n) is 30.8. The van der Waals surface area contributed by atoms with Gasteiger partial charge >= 0.3 is 0 Å². The van der Waals surface area contributed by atoms with Crippen molar-refractivity contribution in [2.24, 2.45) is 23.2 Å². The summed E-state index contributed by atoms with van der Waals surface area (Å²) in [6, 6.07) is 10.2. The molecule has 5 N–H and O–H groups in total. The van der Waals surface area contributed by atoms with Gasteiger partial charge in [0.15, 0.2) is 0 Å². The van der Waals surface area contributed by atoms with Gasteiger partial charge in [0.2, 0.25) is 29.5 Å². The van der Waals surface area contributed by atoms with Crippen molar-refractivity contribution in [3.05, 3.63) is 77.1 Å². The number of hydrogen-bond donors (Lipinski definition) is 5. The van der Waals surface area contributed by atoms with E-state index >= 15 is 8.78 Å². The van der Waals surface area contributed by atoms with Crippen LogP contribution in [0.15, 0.2) is 48.8 Å². The van der Waals surface area contributed by atoms with E-state index in [4.69, 9.17) is 4.98 Å². The molecular weight excluding hydrogens is 1040 g/mol. The van der Waals surface area contributed by atoms with Gasteiger partial charge in [-0.05, 0) is 132 Å². The predicted molar refractivity (Wildman–Crippen MR) is 311 cm³/mol. The van der Waals surface area contributed by atoms with Crippen LogP contribution in [0.5, 0.6) is 0 Å². The number of anilines is 3. The van der Waals surface area contributed by atoms with Gasteiger partial charge in [-0.1, -0.05) is 57.4 Å². The van der Waals surface area contributed by atoms with Gasteiger partial charge in [-0.2, -0.15) is 0 Å². The number of hydrogen-bond acceptors (Lipinski definition) is 13. The van der Waals surface area contributed by atoms with Gasteiger partial charge in [-0.15, -0.1) is 0 Å². The molecule has 2 aromatic carbocycles. The number of halogens is 2. The fraction of sp³-hybridized carbons (Fsp3) is 0.661. The number of nitrogens with one attached hydrogen (secondary N) is 5. The van der Waals surface area contributed by atoms with E-state index in [1.165, 1.54) is 17.7 Å². The number of amides is 5. The van der Waals surface area contributed by atoms with Crippen LogP contribution in [0.1, 0.15) is 127 Å². The lowest BCUT2D eigenvalue weighted by Gasteiger charge is -2.48. The van der Waals surface area contributed by atoms with Crippen LogP contribution in [0.2, 0.25) is 0 Å². The standard InChI is InChI=1S/C62H87F2N13O5/c1-40(65-4)58(80)70-57(42-12-6-5-7-13-42)60(82)77-36-46(28-52(77)59(81)69-50-16-10-14-41-11-8-9-15-47(41)50)68-55(78)17-22-73-32-44-34-75(35-45(44)33-73)54-30-53(66-39-67-54)74-25-20-62(21-26-74)38-76(37-56(79)71-62)51-29-48(63)43(27-49(51)64)31-72-23-18-61(2,3)19-24-72/h8-9,11,15,27,29-30,39-40,42,44-46,50,52,57,65H,5-7,10,12-14,16-26,28,31-38H2,1-4H3,(H,68,78)(H,69,81)(H,70,80)(H,71,79)/t40-,44-,45+,46?,50-,52-,57-/m0/s1. The first kappa shape index (κ1) is 57.8. The van der Waals surface area contributed by atoms with E-state index in [0.717, 1.165) is 121 Å². The molecule has 8 aliphatic rings. The lowest BCUT2D eigenvalue weighted by atomic mass is 9.82. The van der Waals surface area contributed by atoms with Gasteiger partial charge in [0.05, 0.1) is 29.9 Å². The number of rotatable bonds is 16. The van der Waals surface area contributed by atoms with Crippen LogP contribution in [-0.2, 0) is 36.9 Å². The summed E-state index contributed by atoms with van der Waals surface area (Å²) >= 11 is 0. The first-order chi connectivity index (χ1) is 39.5. The molecule has 6 aliphatic heterocycles. The topological polar surface area (TPSA) is 191 Å². The molecule has 3 aromatic rings. The van der Waals surface area contributed by atoms with Gasteiger partial charge in [-0.25, -0.2) is 18.7 Å². The lowest BCUT2D eigenvalue weighted by Crippen LogP contribution is -2.66. The number of aryl methyl sites for hydroxylation is 1. The Morgan fingerprint density at radius 3 is 2.24 bits per heavy atom. The van der Waals surface area contributed by atoms with E-state index in [-0.39, 0.29) is 65.7 Å². The summed E-state index contributed by atoms with van der Waals surface area (Å²) in [6.45, 7) is 14.1. The molecule has 1 aromatic heterocycles. The molecule has 7 atom stereocenters. The number of piperidine rings is 2. The Hall–Kier alpha value is -5.99. The maximum absolute atomic E-state index is 15.8. The smallest absolute Gasteiger partial charge is 0.246 e. The van der Waals surface area contributed by atoms with Crippen molar-refractivity contribution < 1.29 is 32.8 Å². The Kier molecular flexibility index (Phi) is 17.4. The summed E-state index contributed by atoms with van der Waals surface area (Å²) in [5, 5.41) is 15.9. The number of fused-ring (bicyclic) bond motifs is 2. The molecule has 0 radical (unpaired) electrons. The summed E-state index contributed by atoms with van der Waals surface area (Å²) < 4.78 is 31.5. The lowest BCUT2D eigenvalue weighted by molar-refractivity contribution is -0.143. The number of aromatic nitrogens is 2. The predicted octanol–water partition coefficient (Wildman–Crippen LogP) is 5.06. The monoisotopic (exact) mass is 1130 g/mol. The summed E-state index contributed by atoms with van der Waals surface area (Å²) in [7, 11) is 1.72. The van der Waals surface area contributed by atoms with Crippen molar-refractivity contribution in [1.29, 1.82) is 0 Å². The molecule has 20 heteroatoms. The molecule has 5 amide bonds. The minimum Gasteiger partial charge on any atom is -0.357 e. The molecule has 7 heterocycles. The molecule has 0 bridgehead atoms. The summed E-state index contributed by atoms with van der Waals surface area (Å²) in [6.07, 6.45) is 12.9. The molecule has 6 saturated heterocycles. The number of carbonyl (C=O) groups is 5. The second-order valence-corrected chi connectivity index (χ2v) is 26.2. The van der Waals surface area contributed by atoms with Crippen LogP contribution in [0.3, 0.4) is 0 Å². The highest BCUT2D eigenvalue weighted by molar-refractivity contribution is 5.94. The Morgan fingerprint density at radius 2 is 1.51 bits per heavy atom. The molecule has 1 unspecified atom stereocenters. The van der Waals surface area contributed by atoms with Gasteiger partial charge in [0.1, 0.15) is 41.7 Å². The zero-order chi connectivity index (χ0) is 57.3. The van der Waals surface area contributed by atoms with E-state index < -0.39 is 41.3 Å². The van der Waals surface area contributed by atoms with E-state index in [1.807, 2.05) is 12.1 Å². The average Bonchev–Trinajstić information content (AvgIpc) is 4.25. The highest BCUT2D eigenvalue weighted by atomic mass is 19.1.